The Labute approximate surface area is 182 Å². The number of hydrogen-bond acceptors (Lipinski definition) is 5. The molecule has 1 aliphatic rings. The van der Waals surface area contributed by atoms with E-state index in [-0.39, 0.29) is 5.91 Å². The molecule has 4 rings (SSSR count). The van der Waals surface area contributed by atoms with E-state index in [1.165, 1.54) is 11.3 Å². The highest BCUT2D eigenvalue weighted by molar-refractivity contribution is 6.02. The molecule has 31 heavy (non-hydrogen) atoms. The van der Waals surface area contributed by atoms with Gasteiger partial charge in [-0.05, 0) is 42.9 Å². The number of carbonyl (C=O) groups is 1. The van der Waals surface area contributed by atoms with Gasteiger partial charge in [0.15, 0.2) is 5.82 Å². The average molecular weight is 423 g/mol. The zero-order valence-corrected chi connectivity index (χ0v) is 18.6. The minimum absolute atomic E-state index is 0.242. The molecule has 3 aromatic heterocycles. The van der Waals surface area contributed by atoms with E-state index in [2.05, 4.69) is 46.6 Å². The van der Waals surface area contributed by atoms with Crippen molar-refractivity contribution in [2.75, 3.05) is 12.4 Å². The van der Waals surface area contributed by atoms with E-state index in [4.69, 9.17) is 9.72 Å². The Morgan fingerprint density at radius 1 is 1.29 bits per heavy atom. The first kappa shape index (κ1) is 21.2. The molecule has 1 amide bonds. The van der Waals surface area contributed by atoms with Crippen molar-refractivity contribution >= 4 is 11.7 Å². The smallest absolute Gasteiger partial charge is 0.275 e. The largest absolute Gasteiger partial charge is 0.378 e. The Balaban J connectivity index is 1.38. The zero-order chi connectivity index (χ0) is 22.0. The second-order valence-corrected chi connectivity index (χ2v) is 8.62. The third kappa shape index (κ3) is 4.69. The highest BCUT2D eigenvalue weighted by atomic mass is 16.5. The summed E-state index contributed by atoms with van der Waals surface area (Å²) in [5, 5.41) is 14.6. The van der Waals surface area contributed by atoms with Crippen LogP contribution in [0.5, 0.6) is 0 Å². The number of aromatic nitrogens is 5. The quantitative estimate of drug-likeness (QED) is 0.597. The molecule has 8 heteroatoms. The van der Waals surface area contributed by atoms with Crippen LogP contribution in [-0.2, 0) is 18.4 Å². The molecule has 1 saturated carbocycles. The molecule has 0 unspecified atom stereocenters. The van der Waals surface area contributed by atoms with Gasteiger partial charge >= 0.3 is 0 Å². The Morgan fingerprint density at radius 3 is 2.81 bits per heavy atom. The predicted octanol–water partition coefficient (Wildman–Crippen LogP) is 4.11. The van der Waals surface area contributed by atoms with Gasteiger partial charge in [-0.25, -0.2) is 0 Å². The van der Waals surface area contributed by atoms with E-state index in [0.29, 0.717) is 41.6 Å². The van der Waals surface area contributed by atoms with E-state index in [1.54, 1.807) is 24.9 Å². The lowest BCUT2D eigenvalue weighted by atomic mass is 9.98. The highest BCUT2D eigenvalue weighted by Gasteiger charge is 2.29. The van der Waals surface area contributed by atoms with Crippen LogP contribution < -0.4 is 5.32 Å². The maximum Gasteiger partial charge on any atom is 0.275 e. The van der Waals surface area contributed by atoms with Crippen LogP contribution in [0.2, 0.25) is 0 Å². The van der Waals surface area contributed by atoms with E-state index >= 15 is 0 Å². The van der Waals surface area contributed by atoms with Crippen LogP contribution in [0.25, 0.3) is 0 Å². The van der Waals surface area contributed by atoms with Crippen LogP contribution in [0.15, 0.2) is 30.5 Å². The molecule has 0 aromatic carbocycles. The minimum atomic E-state index is -0.242. The summed E-state index contributed by atoms with van der Waals surface area (Å²) in [5.41, 5.74) is 4.68. The fraction of sp³-hybridized carbons (Fsp3) is 0.478. The maximum absolute atomic E-state index is 12.6. The van der Waals surface area contributed by atoms with Crippen LogP contribution >= 0.6 is 0 Å². The first-order chi connectivity index (χ1) is 14.9. The molecule has 0 radical (unpaired) electrons. The van der Waals surface area contributed by atoms with E-state index in [1.807, 2.05) is 12.3 Å². The summed E-state index contributed by atoms with van der Waals surface area (Å²) < 4.78 is 6.63. The average Bonchev–Trinajstić information content (AvgIpc) is 3.48. The van der Waals surface area contributed by atoms with Gasteiger partial charge in [-0.2, -0.15) is 10.2 Å². The minimum Gasteiger partial charge on any atom is -0.378 e. The SMILES string of the molecule is COCc1cc(C(=O)Nc2cc([C@@H]3CC[C@H](c4ccc(C(C)C)cn4)C3)[nH]n2)n(C)n1. The lowest BCUT2D eigenvalue weighted by Crippen LogP contribution is -2.16. The second kappa shape index (κ2) is 9.01. The fourth-order valence-corrected chi connectivity index (χ4v) is 4.28. The van der Waals surface area contributed by atoms with Crippen molar-refractivity contribution in [1.29, 1.82) is 0 Å². The summed E-state index contributed by atoms with van der Waals surface area (Å²) in [7, 11) is 3.34. The molecular formula is C23H30N6O2. The number of hydrogen-bond donors (Lipinski definition) is 2. The molecule has 2 N–H and O–H groups in total. The number of nitrogens with one attached hydrogen (secondary N) is 2. The van der Waals surface area contributed by atoms with Gasteiger partial charge in [-0.3, -0.25) is 19.6 Å². The molecule has 8 nitrogen and oxygen atoms in total. The summed E-state index contributed by atoms with van der Waals surface area (Å²) in [6.45, 7) is 4.74. The van der Waals surface area contributed by atoms with Gasteiger partial charge in [0.05, 0.1) is 12.3 Å². The van der Waals surface area contributed by atoms with Crippen molar-refractivity contribution in [2.45, 2.75) is 57.5 Å². The van der Waals surface area contributed by atoms with Gasteiger partial charge in [-0.15, -0.1) is 0 Å². The van der Waals surface area contributed by atoms with Gasteiger partial charge in [0.1, 0.15) is 5.69 Å². The second-order valence-electron chi connectivity index (χ2n) is 8.62. The standard InChI is InChI=1S/C23H30N6O2/c1-14(2)17-7-8-19(24-12-17)15-5-6-16(9-15)20-11-22(27-26-20)25-23(30)21-10-18(13-31-4)28-29(21)3/h7-8,10-12,14-16H,5-6,9,13H2,1-4H3,(H2,25,26,27,30)/t15-,16+/m0/s1. The monoisotopic (exact) mass is 422 g/mol. The first-order valence-electron chi connectivity index (χ1n) is 10.8. The molecule has 1 aliphatic carbocycles. The number of pyridine rings is 1. The topological polar surface area (TPSA) is 97.7 Å². The van der Waals surface area contributed by atoms with Gasteiger partial charge in [0.2, 0.25) is 0 Å². The van der Waals surface area contributed by atoms with Crippen LogP contribution in [0.3, 0.4) is 0 Å². The van der Waals surface area contributed by atoms with Crippen LogP contribution in [0.1, 0.15) is 84.0 Å². The molecular weight excluding hydrogens is 392 g/mol. The number of ether oxygens (including phenoxy) is 1. The molecule has 0 saturated heterocycles. The normalized spacial score (nSPS) is 18.6. The van der Waals surface area contributed by atoms with Crippen molar-refractivity contribution < 1.29 is 9.53 Å². The molecule has 3 aromatic rings. The maximum atomic E-state index is 12.6. The van der Waals surface area contributed by atoms with Crippen molar-refractivity contribution in [2.24, 2.45) is 7.05 Å². The third-order valence-corrected chi connectivity index (χ3v) is 6.06. The summed E-state index contributed by atoms with van der Waals surface area (Å²) in [5.74, 6) is 1.63. The van der Waals surface area contributed by atoms with Gasteiger partial charge in [-0.1, -0.05) is 19.9 Å². The van der Waals surface area contributed by atoms with Crippen molar-refractivity contribution in [3.63, 3.8) is 0 Å². The molecule has 3 heterocycles. The zero-order valence-electron chi connectivity index (χ0n) is 18.6. The summed E-state index contributed by atoms with van der Waals surface area (Å²) in [4.78, 5) is 17.3. The number of nitrogens with zero attached hydrogens (tertiary/aromatic N) is 4. The lowest BCUT2D eigenvalue weighted by Gasteiger charge is -2.11. The summed E-state index contributed by atoms with van der Waals surface area (Å²) >= 11 is 0. The third-order valence-electron chi connectivity index (χ3n) is 6.06. The Hall–Kier alpha value is -3.00. The van der Waals surface area contributed by atoms with Crippen LogP contribution in [-0.4, -0.2) is 38.0 Å². The number of H-pyrrole nitrogens is 1. The molecule has 1 fully saturated rings. The first-order valence-corrected chi connectivity index (χ1v) is 10.8. The van der Waals surface area contributed by atoms with E-state index in [0.717, 1.165) is 25.0 Å². The molecule has 0 bridgehead atoms. The Morgan fingerprint density at radius 2 is 2.10 bits per heavy atom. The molecule has 0 aliphatic heterocycles. The lowest BCUT2D eigenvalue weighted by molar-refractivity contribution is 0.101. The van der Waals surface area contributed by atoms with Gasteiger partial charge in [0, 0.05) is 49.6 Å². The Bertz CT molecular complexity index is 1040. The molecule has 164 valence electrons. The fourth-order valence-electron chi connectivity index (χ4n) is 4.28. The predicted molar refractivity (Wildman–Crippen MR) is 118 cm³/mol. The molecule has 0 spiro atoms. The number of carbonyl (C=O) groups excluding carboxylic acids is 1. The van der Waals surface area contributed by atoms with E-state index < -0.39 is 0 Å². The number of anilines is 1. The summed E-state index contributed by atoms with van der Waals surface area (Å²) in [6, 6.07) is 8.03. The number of methoxy groups -OCH3 is 1. The number of rotatable bonds is 7. The van der Waals surface area contributed by atoms with Crippen molar-refractivity contribution in [3.05, 3.63) is 58.8 Å². The van der Waals surface area contributed by atoms with Crippen molar-refractivity contribution in [3.8, 4) is 0 Å². The summed E-state index contributed by atoms with van der Waals surface area (Å²) in [6.07, 6.45) is 5.23. The Kier molecular flexibility index (Phi) is 6.18. The number of aryl methyl sites for hydroxylation is 1. The van der Waals surface area contributed by atoms with E-state index in [9.17, 15) is 4.79 Å². The highest BCUT2D eigenvalue weighted by Crippen LogP contribution is 2.42. The number of aromatic amines is 1. The molecule has 2 atom stereocenters. The number of amides is 1. The van der Waals surface area contributed by atoms with Gasteiger partial charge in [0.25, 0.3) is 5.91 Å². The van der Waals surface area contributed by atoms with Crippen LogP contribution in [0.4, 0.5) is 5.82 Å². The van der Waals surface area contributed by atoms with Crippen LogP contribution in [0, 0.1) is 0 Å². The van der Waals surface area contributed by atoms with Gasteiger partial charge < -0.3 is 10.1 Å². The van der Waals surface area contributed by atoms with Crippen molar-refractivity contribution in [1.82, 2.24) is 25.0 Å².